The monoisotopic (exact) mass is 389 g/mol. The molecule has 3 N–H and O–H groups in total. The first-order valence-electron chi connectivity index (χ1n) is 8.86. The maximum Gasteiger partial charge on any atom is 0.242 e. The van der Waals surface area contributed by atoms with Gasteiger partial charge in [0, 0.05) is 44.5 Å². The number of aromatic nitrogens is 1. The first kappa shape index (κ1) is 20.9. The fourth-order valence-corrected chi connectivity index (χ4v) is 3.53. The number of hydrogen-bond acceptors (Lipinski definition) is 4. The highest BCUT2D eigenvalue weighted by molar-refractivity contribution is 7.89. The standard InChI is InChI=1S/C19H27N5O2S/c1-15(17-8-5-4-6-9-17)16(2)24-19(20-3)22-12-13-23-27(25,26)18-10-7-11-21-14-18/h4-11,14-16,23H,12-13H2,1-3H3,(H2,20,22,24). The van der Waals surface area contributed by atoms with Crippen molar-refractivity contribution in [2.24, 2.45) is 4.99 Å². The van der Waals surface area contributed by atoms with E-state index in [2.05, 4.69) is 51.3 Å². The molecule has 7 nitrogen and oxygen atoms in total. The first-order valence-corrected chi connectivity index (χ1v) is 10.3. The Bertz CT molecular complexity index is 826. The Labute approximate surface area is 161 Å². The fraction of sp³-hybridized carbons (Fsp3) is 0.368. The van der Waals surface area contributed by atoms with Gasteiger partial charge in [0.25, 0.3) is 0 Å². The quantitative estimate of drug-likeness (QED) is 0.363. The largest absolute Gasteiger partial charge is 0.355 e. The molecule has 0 amide bonds. The molecule has 1 heterocycles. The van der Waals surface area contributed by atoms with Gasteiger partial charge in [-0.05, 0) is 24.6 Å². The van der Waals surface area contributed by atoms with Crippen molar-refractivity contribution >= 4 is 16.0 Å². The summed E-state index contributed by atoms with van der Waals surface area (Å²) in [5.74, 6) is 0.930. The van der Waals surface area contributed by atoms with Crippen molar-refractivity contribution in [1.29, 1.82) is 0 Å². The van der Waals surface area contributed by atoms with Crippen molar-refractivity contribution in [3.63, 3.8) is 0 Å². The molecule has 2 unspecified atom stereocenters. The van der Waals surface area contributed by atoms with E-state index in [1.54, 1.807) is 13.1 Å². The van der Waals surface area contributed by atoms with Crippen LogP contribution in [0.25, 0.3) is 0 Å². The third kappa shape index (κ3) is 6.33. The Morgan fingerprint density at radius 1 is 1.11 bits per heavy atom. The van der Waals surface area contributed by atoms with Crippen LogP contribution in [0.15, 0.2) is 64.7 Å². The molecule has 0 aliphatic heterocycles. The van der Waals surface area contributed by atoms with Crippen molar-refractivity contribution in [1.82, 2.24) is 20.3 Å². The zero-order chi connectivity index (χ0) is 19.7. The number of sulfonamides is 1. The van der Waals surface area contributed by atoms with Crippen molar-refractivity contribution in [3.8, 4) is 0 Å². The summed E-state index contributed by atoms with van der Waals surface area (Å²) in [7, 11) is -1.86. The molecule has 0 aliphatic rings. The van der Waals surface area contributed by atoms with Crippen LogP contribution in [0.4, 0.5) is 0 Å². The zero-order valence-corrected chi connectivity index (χ0v) is 16.7. The summed E-state index contributed by atoms with van der Waals surface area (Å²) in [5.41, 5.74) is 1.25. The molecule has 27 heavy (non-hydrogen) atoms. The molecule has 0 spiro atoms. The molecule has 2 rings (SSSR count). The average Bonchev–Trinajstić information content (AvgIpc) is 2.70. The van der Waals surface area contributed by atoms with E-state index in [0.717, 1.165) is 0 Å². The summed E-state index contributed by atoms with van der Waals surface area (Å²) in [6.45, 7) is 4.89. The van der Waals surface area contributed by atoms with E-state index in [1.165, 1.54) is 24.0 Å². The maximum atomic E-state index is 12.1. The maximum absolute atomic E-state index is 12.1. The van der Waals surface area contributed by atoms with Crippen LogP contribution in [0.3, 0.4) is 0 Å². The normalized spacial score (nSPS) is 14.4. The summed E-state index contributed by atoms with van der Waals surface area (Å²) in [4.78, 5) is 8.19. The number of hydrogen-bond donors (Lipinski definition) is 3. The summed E-state index contributed by atoms with van der Waals surface area (Å²) in [6.07, 6.45) is 2.86. The molecule has 146 valence electrons. The van der Waals surface area contributed by atoms with Crippen LogP contribution >= 0.6 is 0 Å². The molecule has 0 saturated heterocycles. The predicted octanol–water partition coefficient (Wildman–Crippen LogP) is 1.72. The molecule has 2 atom stereocenters. The number of nitrogens with zero attached hydrogens (tertiary/aromatic N) is 2. The van der Waals surface area contributed by atoms with Crippen LogP contribution in [0.1, 0.15) is 25.3 Å². The molecular weight excluding hydrogens is 362 g/mol. The fourth-order valence-electron chi connectivity index (χ4n) is 2.54. The Morgan fingerprint density at radius 2 is 1.85 bits per heavy atom. The molecule has 1 aromatic heterocycles. The second-order valence-corrected chi connectivity index (χ2v) is 7.98. The minimum atomic E-state index is -3.55. The van der Waals surface area contributed by atoms with Gasteiger partial charge in [-0.25, -0.2) is 13.1 Å². The molecule has 1 aromatic carbocycles. The van der Waals surface area contributed by atoms with Crippen LogP contribution in [0.2, 0.25) is 0 Å². The van der Waals surface area contributed by atoms with E-state index in [1.807, 2.05) is 18.2 Å². The van der Waals surface area contributed by atoms with Crippen LogP contribution in [0, 0.1) is 0 Å². The first-order chi connectivity index (χ1) is 12.9. The van der Waals surface area contributed by atoms with Gasteiger partial charge in [0.2, 0.25) is 10.0 Å². The van der Waals surface area contributed by atoms with Crippen LogP contribution in [-0.4, -0.2) is 45.5 Å². The molecule has 0 bridgehead atoms. The third-order valence-electron chi connectivity index (χ3n) is 4.32. The lowest BCUT2D eigenvalue weighted by Crippen LogP contribution is -2.46. The molecule has 2 aromatic rings. The van der Waals surface area contributed by atoms with Crippen molar-refractivity contribution in [3.05, 3.63) is 60.4 Å². The summed E-state index contributed by atoms with van der Waals surface area (Å²) < 4.78 is 26.8. The van der Waals surface area contributed by atoms with Gasteiger partial charge >= 0.3 is 0 Å². The van der Waals surface area contributed by atoms with Crippen LogP contribution in [-0.2, 0) is 10.0 Å². The highest BCUT2D eigenvalue weighted by Gasteiger charge is 2.16. The number of guanidine groups is 1. The minimum Gasteiger partial charge on any atom is -0.355 e. The van der Waals surface area contributed by atoms with Crippen LogP contribution < -0.4 is 15.4 Å². The number of rotatable bonds is 8. The smallest absolute Gasteiger partial charge is 0.242 e. The Balaban J connectivity index is 1.80. The van der Waals surface area contributed by atoms with E-state index >= 15 is 0 Å². The molecule has 0 saturated carbocycles. The van der Waals surface area contributed by atoms with Crippen molar-refractivity contribution in [2.45, 2.75) is 30.7 Å². The van der Waals surface area contributed by atoms with Crippen LogP contribution in [0.5, 0.6) is 0 Å². The van der Waals surface area contributed by atoms with E-state index in [4.69, 9.17) is 0 Å². The highest BCUT2D eigenvalue weighted by atomic mass is 32.2. The summed E-state index contributed by atoms with van der Waals surface area (Å²) in [6, 6.07) is 13.5. The Hall–Kier alpha value is -2.45. The zero-order valence-electron chi connectivity index (χ0n) is 15.9. The minimum absolute atomic E-state index is 0.151. The number of benzene rings is 1. The van der Waals surface area contributed by atoms with E-state index in [-0.39, 0.29) is 17.5 Å². The molecule has 0 aliphatic carbocycles. The SMILES string of the molecule is CN=C(NCCNS(=O)(=O)c1cccnc1)NC(C)C(C)c1ccccc1. The van der Waals surface area contributed by atoms with Gasteiger partial charge in [0.15, 0.2) is 5.96 Å². The second kappa shape index (κ2) is 10.0. The topological polar surface area (TPSA) is 95.5 Å². The Morgan fingerprint density at radius 3 is 2.48 bits per heavy atom. The van der Waals surface area contributed by atoms with Crippen molar-refractivity contribution in [2.75, 3.05) is 20.1 Å². The van der Waals surface area contributed by atoms with E-state index in [9.17, 15) is 8.42 Å². The molecule has 8 heteroatoms. The van der Waals surface area contributed by atoms with Gasteiger partial charge in [-0.15, -0.1) is 0 Å². The van der Waals surface area contributed by atoms with Gasteiger partial charge in [-0.2, -0.15) is 0 Å². The third-order valence-corrected chi connectivity index (χ3v) is 5.76. The lowest BCUT2D eigenvalue weighted by molar-refractivity contribution is 0.549. The second-order valence-electron chi connectivity index (χ2n) is 6.22. The summed E-state index contributed by atoms with van der Waals surface area (Å²) in [5, 5.41) is 6.47. The number of nitrogens with one attached hydrogen (secondary N) is 3. The molecular formula is C19H27N5O2S. The van der Waals surface area contributed by atoms with E-state index in [0.29, 0.717) is 18.4 Å². The van der Waals surface area contributed by atoms with Gasteiger partial charge in [0.05, 0.1) is 0 Å². The highest BCUT2D eigenvalue weighted by Crippen LogP contribution is 2.18. The molecule has 0 fully saturated rings. The predicted molar refractivity (Wildman–Crippen MR) is 108 cm³/mol. The van der Waals surface area contributed by atoms with Gasteiger partial charge in [0.1, 0.15) is 4.90 Å². The number of pyridine rings is 1. The van der Waals surface area contributed by atoms with Gasteiger partial charge in [-0.1, -0.05) is 37.3 Å². The molecule has 0 radical (unpaired) electrons. The average molecular weight is 390 g/mol. The Kier molecular flexibility index (Phi) is 7.75. The summed E-state index contributed by atoms with van der Waals surface area (Å²) >= 11 is 0. The lowest BCUT2D eigenvalue weighted by atomic mass is 9.94. The number of aliphatic imine (C=N–C) groups is 1. The van der Waals surface area contributed by atoms with E-state index < -0.39 is 10.0 Å². The van der Waals surface area contributed by atoms with Gasteiger partial charge < -0.3 is 10.6 Å². The van der Waals surface area contributed by atoms with Gasteiger partial charge in [-0.3, -0.25) is 9.98 Å². The van der Waals surface area contributed by atoms with Crippen molar-refractivity contribution < 1.29 is 8.42 Å². The lowest BCUT2D eigenvalue weighted by Gasteiger charge is -2.24.